The third-order valence-corrected chi connectivity index (χ3v) is 2.96. The maximum Gasteiger partial charge on any atom is 0.434 e. The van der Waals surface area contributed by atoms with E-state index in [1.165, 1.54) is 6.08 Å². The maximum atomic E-state index is 12.2. The molecule has 0 N–H and O–H groups in total. The molecule has 0 spiro atoms. The van der Waals surface area contributed by atoms with Crippen LogP contribution in [0.2, 0.25) is 0 Å². The second-order valence-corrected chi connectivity index (χ2v) is 4.03. The van der Waals surface area contributed by atoms with Gasteiger partial charge < -0.3 is 0 Å². The minimum absolute atomic E-state index is 0.0474. The molecule has 0 saturated carbocycles. The van der Waals surface area contributed by atoms with Gasteiger partial charge in [0, 0.05) is 11.8 Å². The van der Waals surface area contributed by atoms with E-state index in [-0.39, 0.29) is 5.78 Å². The minimum Gasteiger partial charge on any atom is -0.295 e. The van der Waals surface area contributed by atoms with E-state index < -0.39 is 11.9 Å². The van der Waals surface area contributed by atoms with Gasteiger partial charge >= 0.3 is 6.18 Å². The number of alkyl halides is 3. The van der Waals surface area contributed by atoms with Gasteiger partial charge in [0.25, 0.3) is 0 Å². The molecule has 0 bridgehead atoms. The third kappa shape index (κ3) is 2.09. The number of allylic oxidation sites excluding steroid dienone is 2. The van der Waals surface area contributed by atoms with E-state index in [9.17, 15) is 18.0 Å². The molecule has 15 heavy (non-hydrogen) atoms. The number of carbonyl (C=O) groups excluding carboxylic acids is 1. The van der Waals surface area contributed by atoms with Crippen molar-refractivity contribution in [2.24, 2.45) is 0 Å². The second-order valence-electron chi connectivity index (χ2n) is 3.17. The summed E-state index contributed by atoms with van der Waals surface area (Å²) in [6.07, 6.45) is -2.17. The fraction of sp³-hybridized carbons (Fsp3) is 0.333. The number of aromatic nitrogens is 1. The van der Waals surface area contributed by atoms with Crippen LogP contribution in [0.5, 0.6) is 0 Å². The van der Waals surface area contributed by atoms with Crippen LogP contribution in [-0.4, -0.2) is 10.8 Å². The van der Waals surface area contributed by atoms with Crippen molar-refractivity contribution < 1.29 is 18.0 Å². The molecule has 2 rings (SSSR count). The van der Waals surface area contributed by atoms with Gasteiger partial charge in [-0.25, -0.2) is 4.98 Å². The lowest BCUT2D eigenvalue weighted by Gasteiger charge is -2.00. The molecule has 0 unspecified atom stereocenters. The van der Waals surface area contributed by atoms with E-state index in [1.54, 1.807) is 0 Å². The van der Waals surface area contributed by atoms with Crippen LogP contribution in [0, 0.1) is 0 Å². The van der Waals surface area contributed by atoms with Gasteiger partial charge in [-0.15, -0.1) is 11.3 Å². The van der Waals surface area contributed by atoms with Crippen molar-refractivity contribution in [1.82, 2.24) is 4.98 Å². The number of carbonyl (C=O) groups is 1. The Morgan fingerprint density at radius 1 is 1.33 bits per heavy atom. The summed E-state index contributed by atoms with van der Waals surface area (Å²) < 4.78 is 36.7. The topological polar surface area (TPSA) is 30.0 Å². The number of hydrogen-bond acceptors (Lipinski definition) is 3. The Hall–Kier alpha value is -1.17. The van der Waals surface area contributed by atoms with Gasteiger partial charge in [0.1, 0.15) is 5.01 Å². The fourth-order valence-electron chi connectivity index (χ4n) is 1.32. The van der Waals surface area contributed by atoms with E-state index >= 15 is 0 Å². The van der Waals surface area contributed by atoms with Crippen molar-refractivity contribution >= 4 is 22.7 Å². The smallest absolute Gasteiger partial charge is 0.295 e. The quantitative estimate of drug-likeness (QED) is 0.746. The minimum atomic E-state index is -4.40. The summed E-state index contributed by atoms with van der Waals surface area (Å²) in [4.78, 5) is 14.4. The van der Waals surface area contributed by atoms with Gasteiger partial charge in [0.05, 0.1) is 0 Å². The van der Waals surface area contributed by atoms with Crippen LogP contribution in [-0.2, 0) is 11.0 Å². The van der Waals surface area contributed by atoms with Crippen LogP contribution < -0.4 is 0 Å². The highest BCUT2D eigenvalue weighted by Crippen LogP contribution is 2.34. The van der Waals surface area contributed by atoms with Crippen molar-refractivity contribution in [3.63, 3.8) is 0 Å². The van der Waals surface area contributed by atoms with E-state index in [0.717, 1.165) is 16.7 Å². The Labute approximate surface area is 87.4 Å². The van der Waals surface area contributed by atoms with Gasteiger partial charge in [-0.05, 0) is 18.1 Å². The van der Waals surface area contributed by atoms with Crippen LogP contribution >= 0.6 is 11.3 Å². The van der Waals surface area contributed by atoms with Crippen molar-refractivity contribution in [2.75, 3.05) is 0 Å². The largest absolute Gasteiger partial charge is 0.434 e. The number of nitrogens with zero attached hydrogens (tertiary/aromatic N) is 1. The van der Waals surface area contributed by atoms with E-state index in [0.29, 0.717) is 23.4 Å². The molecule has 0 aliphatic heterocycles. The Balaban J connectivity index is 2.28. The summed E-state index contributed by atoms with van der Waals surface area (Å²) in [5, 5.41) is 1.27. The summed E-state index contributed by atoms with van der Waals surface area (Å²) in [6.45, 7) is 0. The molecule has 1 aliphatic carbocycles. The maximum absolute atomic E-state index is 12.2. The first-order chi connectivity index (χ1) is 6.97. The summed E-state index contributed by atoms with van der Waals surface area (Å²) in [5.74, 6) is -0.0474. The predicted molar refractivity (Wildman–Crippen MR) is 49.3 cm³/mol. The van der Waals surface area contributed by atoms with E-state index in [2.05, 4.69) is 4.98 Å². The molecule has 0 fully saturated rings. The molecule has 0 atom stereocenters. The molecule has 6 heteroatoms. The van der Waals surface area contributed by atoms with Gasteiger partial charge in [-0.2, -0.15) is 13.2 Å². The molecule has 1 aliphatic rings. The zero-order valence-corrected chi connectivity index (χ0v) is 8.28. The zero-order chi connectivity index (χ0) is 11.1. The number of hydrogen-bond donors (Lipinski definition) is 0. The number of rotatable bonds is 1. The van der Waals surface area contributed by atoms with Crippen molar-refractivity contribution in [3.8, 4) is 0 Å². The molecule has 0 aromatic carbocycles. The van der Waals surface area contributed by atoms with Crippen LogP contribution in [0.1, 0.15) is 23.5 Å². The first-order valence-electron chi connectivity index (χ1n) is 4.23. The highest BCUT2D eigenvalue weighted by atomic mass is 32.1. The first kappa shape index (κ1) is 10.4. The van der Waals surface area contributed by atoms with Crippen LogP contribution in [0.25, 0.3) is 5.57 Å². The average Bonchev–Trinajstić information content (AvgIpc) is 2.69. The average molecular weight is 233 g/mol. The molecule has 0 saturated heterocycles. The lowest BCUT2D eigenvalue weighted by molar-refractivity contribution is -0.140. The zero-order valence-electron chi connectivity index (χ0n) is 7.47. The SMILES string of the molecule is O=C1C=C(c2nc(C(F)(F)F)cs2)CC1. The van der Waals surface area contributed by atoms with E-state index in [4.69, 9.17) is 0 Å². The third-order valence-electron chi connectivity index (χ3n) is 2.05. The lowest BCUT2D eigenvalue weighted by Crippen LogP contribution is -2.05. The predicted octanol–water partition coefficient (Wildman–Crippen LogP) is 2.91. The molecular formula is C9H6F3NOS. The Bertz CT molecular complexity index is 433. The first-order valence-corrected chi connectivity index (χ1v) is 5.11. The number of ketones is 1. The van der Waals surface area contributed by atoms with Crippen LogP contribution in [0.15, 0.2) is 11.5 Å². The number of thiazole rings is 1. The standard InChI is InChI=1S/C9H6F3NOS/c10-9(11,12)7-4-15-8(13-7)5-1-2-6(14)3-5/h3-4H,1-2H2. The van der Waals surface area contributed by atoms with Gasteiger partial charge in [-0.1, -0.05) is 0 Å². The highest BCUT2D eigenvalue weighted by Gasteiger charge is 2.34. The van der Waals surface area contributed by atoms with Crippen molar-refractivity contribution in [2.45, 2.75) is 19.0 Å². The molecule has 1 aromatic rings. The fourth-order valence-corrected chi connectivity index (χ4v) is 2.19. The Kier molecular flexibility index (Phi) is 2.38. The summed E-state index contributed by atoms with van der Waals surface area (Å²) in [5.41, 5.74) is -0.275. The summed E-state index contributed by atoms with van der Waals surface area (Å²) >= 11 is 0.924. The number of halogens is 3. The molecule has 1 heterocycles. The van der Waals surface area contributed by atoms with Gasteiger partial charge in [0.2, 0.25) is 0 Å². The van der Waals surface area contributed by atoms with Crippen molar-refractivity contribution in [3.05, 3.63) is 22.2 Å². The summed E-state index contributed by atoms with van der Waals surface area (Å²) in [7, 11) is 0. The van der Waals surface area contributed by atoms with Gasteiger partial charge in [-0.3, -0.25) is 4.79 Å². The molecule has 0 amide bonds. The molecule has 2 nitrogen and oxygen atoms in total. The Morgan fingerprint density at radius 3 is 2.53 bits per heavy atom. The summed E-state index contributed by atoms with van der Waals surface area (Å²) in [6, 6.07) is 0. The van der Waals surface area contributed by atoms with Crippen molar-refractivity contribution in [1.29, 1.82) is 0 Å². The Morgan fingerprint density at radius 2 is 2.07 bits per heavy atom. The second kappa shape index (κ2) is 3.44. The monoisotopic (exact) mass is 233 g/mol. The van der Waals surface area contributed by atoms with E-state index in [1.807, 2.05) is 0 Å². The van der Waals surface area contributed by atoms with Crippen LogP contribution in [0.3, 0.4) is 0 Å². The van der Waals surface area contributed by atoms with Crippen LogP contribution in [0.4, 0.5) is 13.2 Å². The highest BCUT2D eigenvalue weighted by molar-refractivity contribution is 7.10. The van der Waals surface area contributed by atoms with Gasteiger partial charge in [0.15, 0.2) is 11.5 Å². The normalized spacial score (nSPS) is 17.0. The molecule has 0 radical (unpaired) electrons. The lowest BCUT2D eigenvalue weighted by atomic mass is 10.2. The molecular weight excluding hydrogens is 227 g/mol. The molecule has 1 aromatic heterocycles. The molecule has 80 valence electrons.